The van der Waals surface area contributed by atoms with Crippen molar-refractivity contribution in [3.05, 3.63) is 0 Å². The summed E-state index contributed by atoms with van der Waals surface area (Å²) >= 11 is 0. The van der Waals surface area contributed by atoms with Gasteiger partial charge in [0.15, 0.2) is 0 Å². The molecule has 16 heavy (non-hydrogen) atoms. The summed E-state index contributed by atoms with van der Waals surface area (Å²) < 4.78 is 78.9. The van der Waals surface area contributed by atoms with Crippen molar-refractivity contribution in [2.75, 3.05) is 6.67 Å². The Labute approximate surface area is 88.5 Å². The molecule has 0 saturated carbocycles. The molecule has 0 aromatic heterocycles. The monoisotopic (exact) mass is 254 g/mol. The molecule has 0 aromatic carbocycles. The van der Waals surface area contributed by atoms with Crippen LogP contribution in [0.15, 0.2) is 0 Å². The van der Waals surface area contributed by atoms with Crippen LogP contribution in [0.2, 0.25) is 0 Å². The van der Waals surface area contributed by atoms with E-state index in [1.54, 1.807) is 0 Å². The molecule has 0 N–H and O–H groups in total. The van der Waals surface area contributed by atoms with Crippen LogP contribution in [-0.4, -0.2) is 24.9 Å². The molecule has 1 atom stereocenters. The summed E-state index contributed by atoms with van der Waals surface area (Å²) in [5, 5.41) is 0. The van der Waals surface area contributed by atoms with Gasteiger partial charge in [-0.3, -0.25) is 9.13 Å². The van der Waals surface area contributed by atoms with Crippen molar-refractivity contribution in [2.24, 2.45) is 0 Å². The highest BCUT2D eigenvalue weighted by Gasteiger charge is 2.60. The molecule has 1 heterocycles. The minimum atomic E-state index is -4.58. The van der Waals surface area contributed by atoms with Gasteiger partial charge < -0.3 is 0 Å². The predicted octanol–water partition coefficient (Wildman–Crippen LogP) is 3.62. The summed E-state index contributed by atoms with van der Waals surface area (Å²) in [7, 11) is 0. The van der Waals surface area contributed by atoms with Crippen LogP contribution in [0, 0.1) is 0 Å². The maximum absolute atomic E-state index is 13.0. The maximum Gasteiger partial charge on any atom is 0.492 e. The first kappa shape index (κ1) is 15.5. The van der Waals surface area contributed by atoms with E-state index < -0.39 is 31.1 Å². The van der Waals surface area contributed by atoms with E-state index in [2.05, 4.69) is 9.47 Å². The van der Waals surface area contributed by atoms with Crippen molar-refractivity contribution in [2.45, 2.75) is 44.9 Å². The van der Waals surface area contributed by atoms with Gasteiger partial charge in [-0.15, -0.1) is 8.78 Å². The Morgan fingerprint density at radius 1 is 1.00 bits per heavy atom. The van der Waals surface area contributed by atoms with E-state index in [1.165, 1.54) is 6.92 Å². The molecule has 0 bridgehead atoms. The molecule has 2 nitrogen and oxygen atoms in total. The van der Waals surface area contributed by atoms with Crippen LogP contribution in [0.3, 0.4) is 0 Å². The Morgan fingerprint density at radius 3 is 1.75 bits per heavy atom. The van der Waals surface area contributed by atoms with Crippen LogP contribution in [0.4, 0.5) is 26.3 Å². The highest BCUT2D eigenvalue weighted by atomic mass is 19.3. The van der Waals surface area contributed by atoms with Crippen molar-refractivity contribution < 1.29 is 35.8 Å². The Hall–Kier alpha value is -0.500. The predicted molar refractivity (Wildman–Crippen MR) is 42.5 cm³/mol. The Morgan fingerprint density at radius 2 is 1.44 bits per heavy atom. The first-order valence-corrected chi connectivity index (χ1v) is 4.50. The molecule has 98 valence electrons. The van der Waals surface area contributed by atoms with Crippen molar-refractivity contribution in [3.8, 4) is 0 Å². The molecule has 0 radical (unpaired) electrons. The SMILES string of the molecule is CCC1(F)CC(F)(F)OC(F)(F)O1.CCF. The smallest absolute Gasteiger partial charge is 0.258 e. The number of hydrogen-bond acceptors (Lipinski definition) is 2. The largest absolute Gasteiger partial charge is 0.492 e. The fourth-order valence-electron chi connectivity index (χ4n) is 0.984. The molecule has 0 amide bonds. The van der Waals surface area contributed by atoms with E-state index in [-0.39, 0.29) is 6.67 Å². The summed E-state index contributed by atoms with van der Waals surface area (Å²) in [5.74, 6) is -3.04. The molecule has 1 saturated heterocycles. The quantitative estimate of drug-likeness (QED) is 0.665. The minimum absolute atomic E-state index is 0.250. The first-order chi connectivity index (χ1) is 7.10. The molecule has 1 unspecified atom stereocenters. The van der Waals surface area contributed by atoms with E-state index >= 15 is 0 Å². The van der Waals surface area contributed by atoms with Crippen LogP contribution < -0.4 is 0 Å². The molecule has 8 heteroatoms. The maximum atomic E-state index is 13.0. The van der Waals surface area contributed by atoms with Gasteiger partial charge in [0.1, 0.15) is 0 Å². The Balaban J connectivity index is 0.000000673. The van der Waals surface area contributed by atoms with E-state index in [1.807, 2.05) is 0 Å². The average molecular weight is 254 g/mol. The summed E-state index contributed by atoms with van der Waals surface area (Å²) in [5.41, 5.74) is 0. The fraction of sp³-hybridized carbons (Fsp3) is 1.00. The van der Waals surface area contributed by atoms with E-state index in [0.29, 0.717) is 0 Å². The topological polar surface area (TPSA) is 18.5 Å². The van der Waals surface area contributed by atoms with Crippen LogP contribution in [0.5, 0.6) is 0 Å². The van der Waals surface area contributed by atoms with Gasteiger partial charge in [0.05, 0.1) is 13.1 Å². The Kier molecular flexibility index (Phi) is 5.06. The summed E-state index contributed by atoms with van der Waals surface area (Å²) in [6, 6.07) is 0. The molecule has 0 aliphatic carbocycles. The van der Waals surface area contributed by atoms with Gasteiger partial charge in [0.25, 0.3) is 0 Å². The van der Waals surface area contributed by atoms with Gasteiger partial charge in [0.2, 0.25) is 5.85 Å². The number of ether oxygens (including phenoxy) is 2. The normalized spacial score (nSPS) is 31.5. The summed E-state index contributed by atoms with van der Waals surface area (Å²) in [6.45, 7) is 2.33. The van der Waals surface area contributed by atoms with Gasteiger partial charge in [-0.05, 0) is 6.92 Å². The molecular weight excluding hydrogens is 242 g/mol. The third-order valence-electron chi connectivity index (χ3n) is 1.57. The van der Waals surface area contributed by atoms with E-state index in [4.69, 9.17) is 0 Å². The first-order valence-electron chi connectivity index (χ1n) is 4.50. The standard InChI is InChI=1S/C6H7F5O2.C2H5F/c1-2-4(7)3-5(8,9)13-6(10,11)12-4;1-2-3/h2-3H2,1H3;2H2,1H3. The number of halogens is 6. The van der Waals surface area contributed by atoms with Crippen LogP contribution in [0.25, 0.3) is 0 Å². The lowest BCUT2D eigenvalue weighted by molar-refractivity contribution is -0.541. The zero-order chi connectivity index (χ0) is 13.0. The molecule has 1 aliphatic heterocycles. The number of rotatable bonds is 1. The highest BCUT2D eigenvalue weighted by molar-refractivity contribution is 4.76. The summed E-state index contributed by atoms with van der Waals surface area (Å²) in [6.07, 6.45) is -10.9. The van der Waals surface area contributed by atoms with Crippen molar-refractivity contribution >= 4 is 0 Å². The lowest BCUT2D eigenvalue weighted by atomic mass is 10.1. The number of hydrogen-bond donors (Lipinski definition) is 0. The van der Waals surface area contributed by atoms with Crippen molar-refractivity contribution in [3.63, 3.8) is 0 Å². The fourth-order valence-corrected chi connectivity index (χ4v) is 0.984. The lowest BCUT2D eigenvalue weighted by Gasteiger charge is -2.37. The van der Waals surface area contributed by atoms with Gasteiger partial charge in [-0.25, -0.2) is 9.13 Å². The molecule has 0 aromatic rings. The van der Waals surface area contributed by atoms with Crippen molar-refractivity contribution in [1.82, 2.24) is 0 Å². The number of alkyl halides is 6. The van der Waals surface area contributed by atoms with E-state index in [0.717, 1.165) is 6.92 Å². The minimum Gasteiger partial charge on any atom is -0.258 e. The van der Waals surface area contributed by atoms with Crippen LogP contribution in [-0.2, 0) is 9.47 Å². The van der Waals surface area contributed by atoms with E-state index in [9.17, 15) is 26.3 Å². The van der Waals surface area contributed by atoms with Crippen molar-refractivity contribution in [1.29, 1.82) is 0 Å². The third-order valence-corrected chi connectivity index (χ3v) is 1.57. The second-order valence-corrected chi connectivity index (χ2v) is 2.99. The molecule has 1 aliphatic rings. The van der Waals surface area contributed by atoms with Gasteiger partial charge in [-0.1, -0.05) is 6.92 Å². The Bertz CT molecular complexity index is 205. The van der Waals surface area contributed by atoms with Gasteiger partial charge in [0, 0.05) is 6.42 Å². The molecule has 0 spiro atoms. The molecule has 1 rings (SSSR count). The summed E-state index contributed by atoms with van der Waals surface area (Å²) in [4.78, 5) is 0. The second-order valence-electron chi connectivity index (χ2n) is 2.99. The van der Waals surface area contributed by atoms with Crippen LogP contribution >= 0.6 is 0 Å². The second kappa shape index (κ2) is 5.22. The molecular formula is C8H12F6O2. The highest BCUT2D eigenvalue weighted by Crippen LogP contribution is 2.45. The van der Waals surface area contributed by atoms with Crippen LogP contribution in [0.1, 0.15) is 26.7 Å². The third kappa shape index (κ3) is 5.02. The lowest BCUT2D eigenvalue weighted by Crippen LogP contribution is -2.51. The molecule has 1 fully saturated rings. The van der Waals surface area contributed by atoms with Gasteiger partial charge >= 0.3 is 12.4 Å². The zero-order valence-electron chi connectivity index (χ0n) is 8.71. The van der Waals surface area contributed by atoms with Gasteiger partial charge in [-0.2, -0.15) is 8.78 Å². The zero-order valence-corrected chi connectivity index (χ0v) is 8.71. The average Bonchev–Trinajstić information content (AvgIpc) is 1.98.